The summed E-state index contributed by atoms with van der Waals surface area (Å²) in [5, 5.41) is 8.80. The van der Waals surface area contributed by atoms with Gasteiger partial charge in [0.2, 0.25) is 11.8 Å². The number of methoxy groups -OCH3 is 1. The molecule has 4 rings (SSSR count). The van der Waals surface area contributed by atoms with Crippen molar-refractivity contribution < 1.29 is 9.15 Å². The number of aromatic nitrogens is 6. The highest BCUT2D eigenvalue weighted by Gasteiger charge is 2.21. The average Bonchev–Trinajstić information content (AvgIpc) is 3.32. The number of ether oxygens (including phenoxy) is 1. The number of rotatable bonds is 4. The topological polar surface area (TPSA) is 110 Å². The predicted molar refractivity (Wildman–Crippen MR) is 106 cm³/mol. The zero-order valence-electron chi connectivity index (χ0n) is 15.5. The number of benzene rings is 1. The molecule has 0 N–H and O–H groups in total. The number of aryl methyl sites for hydroxylation is 1. The Morgan fingerprint density at radius 2 is 1.86 bits per heavy atom. The van der Waals surface area contributed by atoms with Crippen LogP contribution in [-0.2, 0) is 20.6 Å². The third kappa shape index (κ3) is 3.10. The fourth-order valence-corrected chi connectivity index (χ4v) is 3.23. The summed E-state index contributed by atoms with van der Waals surface area (Å²) in [5.74, 6) is 0.446. The van der Waals surface area contributed by atoms with E-state index in [4.69, 9.17) is 32.4 Å². The van der Waals surface area contributed by atoms with Crippen molar-refractivity contribution in [2.45, 2.75) is 6.54 Å². The van der Waals surface area contributed by atoms with Crippen LogP contribution in [0.2, 0.25) is 10.0 Å². The maximum Gasteiger partial charge on any atom is 0.332 e. The van der Waals surface area contributed by atoms with Crippen LogP contribution in [0, 0.1) is 0 Å². The third-order valence-electron chi connectivity index (χ3n) is 4.42. The van der Waals surface area contributed by atoms with Crippen molar-refractivity contribution in [3.05, 3.63) is 55.0 Å². The molecule has 12 heteroatoms. The first-order valence-electron chi connectivity index (χ1n) is 8.30. The normalized spacial score (nSPS) is 11.3. The summed E-state index contributed by atoms with van der Waals surface area (Å²) in [6.45, 7) is 0.0153. The molecule has 10 nitrogen and oxygen atoms in total. The molecule has 0 amide bonds. The average molecular weight is 437 g/mol. The highest BCUT2D eigenvalue weighted by Crippen LogP contribution is 2.28. The lowest BCUT2D eigenvalue weighted by atomic mass is 10.2. The van der Waals surface area contributed by atoms with E-state index in [1.807, 2.05) is 0 Å². The van der Waals surface area contributed by atoms with Crippen LogP contribution in [0.5, 0.6) is 6.01 Å². The van der Waals surface area contributed by atoms with Crippen molar-refractivity contribution in [3.63, 3.8) is 0 Å². The van der Waals surface area contributed by atoms with Gasteiger partial charge in [-0.25, -0.2) is 4.79 Å². The molecule has 0 aliphatic carbocycles. The highest BCUT2D eigenvalue weighted by atomic mass is 35.5. The Hall–Kier alpha value is -3.11. The lowest BCUT2D eigenvalue weighted by Crippen LogP contribution is -2.37. The second-order valence-electron chi connectivity index (χ2n) is 6.19. The molecule has 0 saturated heterocycles. The Labute approximate surface area is 172 Å². The minimum absolute atomic E-state index is 0.0153. The van der Waals surface area contributed by atoms with Crippen LogP contribution in [0.3, 0.4) is 0 Å². The monoisotopic (exact) mass is 436 g/mol. The van der Waals surface area contributed by atoms with Crippen molar-refractivity contribution in [3.8, 4) is 17.5 Å². The molecule has 0 atom stereocenters. The van der Waals surface area contributed by atoms with Crippen molar-refractivity contribution >= 4 is 34.4 Å². The van der Waals surface area contributed by atoms with Crippen molar-refractivity contribution in [2.24, 2.45) is 14.1 Å². The van der Waals surface area contributed by atoms with E-state index in [-0.39, 0.29) is 35.5 Å². The van der Waals surface area contributed by atoms with Gasteiger partial charge in [0.1, 0.15) is 6.54 Å². The van der Waals surface area contributed by atoms with Crippen LogP contribution >= 0.6 is 23.2 Å². The first-order chi connectivity index (χ1) is 13.8. The highest BCUT2D eigenvalue weighted by molar-refractivity contribution is 6.42. The first kappa shape index (κ1) is 19.2. The van der Waals surface area contributed by atoms with Gasteiger partial charge in [0.25, 0.3) is 11.6 Å². The number of imidazole rings is 1. The van der Waals surface area contributed by atoms with E-state index in [9.17, 15) is 9.59 Å². The van der Waals surface area contributed by atoms with Crippen molar-refractivity contribution in [1.82, 2.24) is 28.9 Å². The van der Waals surface area contributed by atoms with Gasteiger partial charge in [-0.2, -0.15) is 4.98 Å². The maximum atomic E-state index is 12.7. The summed E-state index contributed by atoms with van der Waals surface area (Å²) in [7, 11) is 4.33. The number of fused-ring (bicyclic) bond motifs is 1. The molecule has 150 valence electrons. The Balaban J connectivity index is 1.81. The minimum Gasteiger partial charge on any atom is -0.468 e. The second kappa shape index (κ2) is 7.05. The molecule has 1 aromatic carbocycles. The predicted octanol–water partition coefficient (Wildman–Crippen LogP) is 1.85. The van der Waals surface area contributed by atoms with E-state index in [0.717, 1.165) is 4.57 Å². The minimum atomic E-state index is -0.511. The van der Waals surface area contributed by atoms with Gasteiger partial charge in [0.15, 0.2) is 11.2 Å². The van der Waals surface area contributed by atoms with Crippen molar-refractivity contribution in [1.29, 1.82) is 0 Å². The number of nitrogens with zero attached hydrogens (tertiary/aromatic N) is 6. The van der Waals surface area contributed by atoms with Crippen LogP contribution in [0.25, 0.3) is 22.6 Å². The molecule has 29 heavy (non-hydrogen) atoms. The number of hydrogen-bond acceptors (Lipinski definition) is 7. The van der Waals surface area contributed by atoms with Crippen LogP contribution < -0.4 is 16.0 Å². The molecule has 0 spiro atoms. The zero-order chi connectivity index (χ0) is 20.9. The second-order valence-corrected chi connectivity index (χ2v) is 7.01. The van der Waals surface area contributed by atoms with Gasteiger partial charge in [-0.05, 0) is 18.2 Å². The summed E-state index contributed by atoms with van der Waals surface area (Å²) in [5.41, 5.74) is -0.0311. The Kier molecular flexibility index (Phi) is 4.67. The molecule has 0 fully saturated rings. The summed E-state index contributed by atoms with van der Waals surface area (Å²) < 4.78 is 14.7. The van der Waals surface area contributed by atoms with E-state index in [1.54, 1.807) is 18.2 Å². The Bertz CT molecular complexity index is 1370. The molecular formula is C17H14Cl2N6O4. The number of hydrogen-bond donors (Lipinski definition) is 0. The zero-order valence-corrected chi connectivity index (χ0v) is 17.0. The standard InChI is InChI=1S/C17H14Cl2N6O4/c1-23-13-12(15(26)24(2)17(23)27)25(16(20-13)28-3)7-11-21-22-14(29-11)8-4-5-9(18)10(19)6-8/h4-6H,7H2,1-3H3. The lowest BCUT2D eigenvalue weighted by Gasteiger charge is -2.06. The van der Waals surface area contributed by atoms with Gasteiger partial charge in [0, 0.05) is 19.7 Å². The molecule has 3 heterocycles. The molecule has 0 aliphatic rings. The van der Waals surface area contributed by atoms with Gasteiger partial charge >= 0.3 is 5.69 Å². The fraction of sp³-hybridized carbons (Fsp3) is 0.235. The quantitative estimate of drug-likeness (QED) is 0.479. The van der Waals surface area contributed by atoms with E-state index < -0.39 is 11.2 Å². The molecule has 0 aliphatic heterocycles. The molecule has 0 bridgehead atoms. The van der Waals surface area contributed by atoms with Crippen LogP contribution in [0.15, 0.2) is 32.2 Å². The van der Waals surface area contributed by atoms with Gasteiger partial charge in [-0.3, -0.25) is 18.5 Å². The molecular weight excluding hydrogens is 423 g/mol. The summed E-state index contributed by atoms with van der Waals surface area (Å²) >= 11 is 12.0. The smallest absolute Gasteiger partial charge is 0.332 e. The summed E-state index contributed by atoms with van der Waals surface area (Å²) in [4.78, 5) is 29.1. The molecule has 4 aromatic rings. The van der Waals surface area contributed by atoms with Gasteiger partial charge in [0.05, 0.1) is 17.2 Å². The maximum absolute atomic E-state index is 12.7. The largest absolute Gasteiger partial charge is 0.468 e. The fourth-order valence-electron chi connectivity index (χ4n) is 2.93. The molecule has 0 unspecified atom stereocenters. The third-order valence-corrected chi connectivity index (χ3v) is 5.16. The van der Waals surface area contributed by atoms with E-state index >= 15 is 0 Å². The van der Waals surface area contributed by atoms with Gasteiger partial charge in [-0.1, -0.05) is 23.2 Å². The van der Waals surface area contributed by atoms with E-state index in [2.05, 4.69) is 15.2 Å². The van der Waals surface area contributed by atoms with E-state index in [1.165, 1.54) is 30.3 Å². The van der Waals surface area contributed by atoms with Crippen LogP contribution in [0.4, 0.5) is 0 Å². The molecule has 0 saturated carbocycles. The first-order valence-corrected chi connectivity index (χ1v) is 9.05. The van der Waals surface area contributed by atoms with Crippen molar-refractivity contribution in [2.75, 3.05) is 7.11 Å². The SMILES string of the molecule is COc1nc2c(c(=O)n(C)c(=O)n2C)n1Cc1nnc(-c2ccc(Cl)c(Cl)c2)o1. The van der Waals surface area contributed by atoms with Gasteiger partial charge < -0.3 is 9.15 Å². The Morgan fingerprint density at radius 1 is 1.10 bits per heavy atom. The van der Waals surface area contributed by atoms with Gasteiger partial charge in [-0.15, -0.1) is 10.2 Å². The Morgan fingerprint density at radius 3 is 2.55 bits per heavy atom. The summed E-state index contributed by atoms with van der Waals surface area (Å²) in [6, 6.07) is 5.07. The number of halogens is 2. The summed E-state index contributed by atoms with van der Waals surface area (Å²) in [6.07, 6.45) is 0. The molecule has 0 radical (unpaired) electrons. The lowest BCUT2D eigenvalue weighted by molar-refractivity contribution is 0.356. The van der Waals surface area contributed by atoms with Crippen LogP contribution in [-0.4, -0.2) is 36.0 Å². The van der Waals surface area contributed by atoms with E-state index in [0.29, 0.717) is 15.6 Å². The van der Waals surface area contributed by atoms with Crippen LogP contribution in [0.1, 0.15) is 5.89 Å². The molecule has 3 aromatic heterocycles.